The van der Waals surface area contributed by atoms with Crippen LogP contribution in [-0.2, 0) is 11.8 Å². The van der Waals surface area contributed by atoms with E-state index in [4.69, 9.17) is 0 Å². The zero-order valence-electron chi connectivity index (χ0n) is 5.79. The molecule has 0 aliphatic carbocycles. The van der Waals surface area contributed by atoms with Crippen LogP contribution in [-0.4, -0.2) is 5.08 Å². The van der Waals surface area contributed by atoms with Gasteiger partial charge in [-0.1, -0.05) is 17.8 Å². The monoisotopic (exact) mass is 169 g/mol. The zero-order valence-corrected chi connectivity index (χ0v) is 7.51. The molecule has 2 heteroatoms. The van der Waals surface area contributed by atoms with Gasteiger partial charge in [0.25, 0.3) is 0 Å². The molecule has 0 fully saturated rings. The molecule has 0 saturated heterocycles. The van der Waals surface area contributed by atoms with Crippen LogP contribution in [0.2, 0.25) is 0 Å². The molecule has 1 aromatic rings. The van der Waals surface area contributed by atoms with Crippen molar-refractivity contribution in [2.24, 2.45) is 0 Å². The van der Waals surface area contributed by atoms with E-state index in [-0.39, 0.29) is 0 Å². The lowest BCUT2D eigenvalue weighted by Gasteiger charge is -1.91. The van der Waals surface area contributed by atoms with Crippen LogP contribution in [0.4, 0.5) is 0 Å². The van der Waals surface area contributed by atoms with Crippen LogP contribution in [0.25, 0.3) is 0 Å². The molecule has 1 aliphatic heterocycles. The number of thiol groups is 1. The highest BCUT2D eigenvalue weighted by Gasteiger charge is 2.18. The third kappa shape index (κ3) is 1.06. The fourth-order valence-electron chi connectivity index (χ4n) is 1.04. The van der Waals surface area contributed by atoms with Gasteiger partial charge in [0, 0.05) is 11.8 Å². The molecular weight excluding hydrogens is 160 g/mol. The Labute approximate surface area is 69.4 Å². The van der Waals surface area contributed by atoms with Crippen LogP contribution in [0, 0.1) is 6.92 Å². The molecular formula is C8H9S2+. The van der Waals surface area contributed by atoms with Gasteiger partial charge >= 0.3 is 0 Å². The second-order valence-electron chi connectivity index (χ2n) is 2.40. The zero-order chi connectivity index (χ0) is 6.97. The van der Waals surface area contributed by atoms with Crippen LogP contribution in [0.3, 0.4) is 0 Å². The van der Waals surface area contributed by atoms with Gasteiger partial charge in [0.1, 0.15) is 0 Å². The molecule has 0 aromatic heterocycles. The van der Waals surface area contributed by atoms with Gasteiger partial charge in [-0.3, -0.25) is 0 Å². The Morgan fingerprint density at radius 3 is 3.30 bits per heavy atom. The minimum absolute atomic E-state index is 1.25. The van der Waals surface area contributed by atoms with E-state index < -0.39 is 0 Å². The largest absolute Gasteiger partial charge is 0.167 e. The Morgan fingerprint density at radius 1 is 1.50 bits per heavy atom. The molecule has 0 saturated carbocycles. The summed E-state index contributed by atoms with van der Waals surface area (Å²) in [6.45, 7) is 2.15. The molecule has 0 bridgehead atoms. The second-order valence-corrected chi connectivity index (χ2v) is 4.96. The summed E-state index contributed by atoms with van der Waals surface area (Å²) in [5, 5.41) is 1.25. The van der Waals surface area contributed by atoms with E-state index in [2.05, 4.69) is 25.1 Å². The van der Waals surface area contributed by atoms with Gasteiger partial charge in [0.2, 0.25) is 0 Å². The summed E-state index contributed by atoms with van der Waals surface area (Å²) in [4.78, 5) is 3.00. The summed E-state index contributed by atoms with van der Waals surface area (Å²) in [7, 11) is 0. The van der Waals surface area contributed by atoms with Crippen LogP contribution in [0.5, 0.6) is 0 Å². The number of fused-ring (bicyclic) bond motifs is 1. The Balaban J connectivity index is 2.52. The van der Waals surface area contributed by atoms with Gasteiger partial charge in [0.15, 0.2) is 9.98 Å². The maximum atomic E-state index is 2.28. The van der Waals surface area contributed by atoms with Crippen LogP contribution >= 0.6 is 11.8 Å². The quantitative estimate of drug-likeness (QED) is 0.424. The SMILES string of the molecule is Cc1ccc2c(c1)SC[SH+]2. The first-order chi connectivity index (χ1) is 4.86. The number of hydrogen-bond acceptors (Lipinski definition) is 1. The normalized spacial score (nSPS) is 15.3. The molecule has 0 spiro atoms. The Bertz CT molecular complexity index is 255. The summed E-state index contributed by atoms with van der Waals surface area (Å²) in [6.07, 6.45) is 0. The van der Waals surface area contributed by atoms with Gasteiger partial charge < -0.3 is 0 Å². The highest BCUT2D eigenvalue weighted by molar-refractivity contribution is 8.10. The van der Waals surface area contributed by atoms with Crippen LogP contribution in [0.1, 0.15) is 5.56 Å². The number of rotatable bonds is 0. The molecule has 0 atom stereocenters. The molecule has 52 valence electrons. The number of hydrogen-bond donors (Lipinski definition) is 0. The maximum Gasteiger partial charge on any atom is 0.167 e. The molecule has 0 N–H and O–H groups in total. The van der Waals surface area contributed by atoms with E-state index in [0.717, 1.165) is 0 Å². The van der Waals surface area contributed by atoms with Gasteiger partial charge in [-0.05, 0) is 24.6 Å². The third-order valence-corrected chi connectivity index (χ3v) is 4.13. The Kier molecular flexibility index (Phi) is 1.66. The van der Waals surface area contributed by atoms with Gasteiger partial charge in [-0.15, -0.1) is 0 Å². The van der Waals surface area contributed by atoms with E-state index in [1.54, 1.807) is 0 Å². The molecule has 1 heterocycles. The molecule has 0 radical (unpaired) electrons. The van der Waals surface area contributed by atoms with E-state index in [1.165, 1.54) is 32.2 Å². The first-order valence-electron chi connectivity index (χ1n) is 3.27. The van der Waals surface area contributed by atoms with Crippen molar-refractivity contribution in [1.29, 1.82) is 0 Å². The third-order valence-electron chi connectivity index (χ3n) is 1.57. The smallest absolute Gasteiger partial charge is 0.0669 e. The van der Waals surface area contributed by atoms with Crippen molar-refractivity contribution in [3.05, 3.63) is 23.8 Å². The molecule has 0 unspecified atom stereocenters. The fourth-order valence-corrected chi connectivity index (χ4v) is 3.68. The van der Waals surface area contributed by atoms with Crippen molar-refractivity contribution < 1.29 is 0 Å². The summed E-state index contributed by atoms with van der Waals surface area (Å²) >= 11 is 3.46. The lowest BCUT2D eigenvalue weighted by atomic mass is 10.2. The van der Waals surface area contributed by atoms with E-state index in [9.17, 15) is 0 Å². The molecule has 2 rings (SSSR count). The molecule has 10 heavy (non-hydrogen) atoms. The highest BCUT2D eigenvalue weighted by atomic mass is 32.2. The van der Waals surface area contributed by atoms with Crippen molar-refractivity contribution in [2.75, 3.05) is 5.08 Å². The first-order valence-corrected chi connectivity index (χ1v) is 5.34. The standard InChI is InChI=1S/C8H8S2/c1-6-2-3-7-8(4-6)10-5-9-7/h2-4H,5H2,1H3/p+1. The van der Waals surface area contributed by atoms with Gasteiger partial charge in [0.05, 0.1) is 4.90 Å². The van der Waals surface area contributed by atoms with Crippen molar-refractivity contribution in [1.82, 2.24) is 0 Å². The average molecular weight is 169 g/mol. The van der Waals surface area contributed by atoms with E-state index >= 15 is 0 Å². The Hall–Kier alpha value is -0.0800. The van der Waals surface area contributed by atoms with Gasteiger partial charge in [-0.25, -0.2) is 0 Å². The second kappa shape index (κ2) is 2.51. The summed E-state index contributed by atoms with van der Waals surface area (Å²) < 4.78 is 0. The van der Waals surface area contributed by atoms with Crippen molar-refractivity contribution in [2.45, 2.75) is 16.7 Å². The number of benzene rings is 1. The minimum Gasteiger partial charge on any atom is -0.0669 e. The maximum absolute atomic E-state index is 2.28. The molecule has 1 aromatic carbocycles. The minimum atomic E-state index is 1.25. The van der Waals surface area contributed by atoms with E-state index in [0.29, 0.717) is 0 Å². The summed E-state index contributed by atoms with van der Waals surface area (Å²) in [6, 6.07) is 6.71. The number of thioether (sulfide) groups is 1. The lowest BCUT2D eigenvalue weighted by Crippen LogP contribution is -1.77. The number of aryl methyl sites for hydroxylation is 1. The highest BCUT2D eigenvalue weighted by Crippen LogP contribution is 2.32. The summed E-state index contributed by atoms with van der Waals surface area (Å²) in [5.41, 5.74) is 1.38. The first kappa shape index (κ1) is 6.62. The van der Waals surface area contributed by atoms with Crippen LogP contribution in [0.15, 0.2) is 28.0 Å². The van der Waals surface area contributed by atoms with Crippen molar-refractivity contribution in [3.8, 4) is 0 Å². The molecule has 0 nitrogen and oxygen atoms in total. The van der Waals surface area contributed by atoms with Crippen molar-refractivity contribution in [3.63, 3.8) is 0 Å². The fraction of sp³-hybridized carbons (Fsp3) is 0.250. The topological polar surface area (TPSA) is 0 Å². The molecule has 1 aliphatic rings. The average Bonchev–Trinajstić information content (AvgIpc) is 2.33. The van der Waals surface area contributed by atoms with Crippen LogP contribution < -0.4 is 0 Å². The predicted octanol–water partition coefficient (Wildman–Crippen LogP) is 2.23. The summed E-state index contributed by atoms with van der Waals surface area (Å²) in [5.74, 6) is 0. The predicted molar refractivity (Wildman–Crippen MR) is 48.9 cm³/mol. The molecule has 0 amide bonds. The lowest BCUT2D eigenvalue weighted by molar-refractivity contribution is 1.23. The van der Waals surface area contributed by atoms with E-state index in [1.807, 2.05) is 11.8 Å². The Morgan fingerprint density at radius 2 is 2.40 bits per heavy atom. The van der Waals surface area contributed by atoms with Crippen molar-refractivity contribution >= 4 is 23.5 Å². The van der Waals surface area contributed by atoms with Gasteiger partial charge in [-0.2, -0.15) is 0 Å².